The van der Waals surface area contributed by atoms with Crippen molar-refractivity contribution in [2.45, 2.75) is 69.1 Å². The second kappa shape index (κ2) is 9.79. The summed E-state index contributed by atoms with van der Waals surface area (Å²) in [6.45, 7) is 7.83. The number of allylic oxidation sites excluding steroid dienone is 1. The molecule has 0 N–H and O–H groups in total. The summed E-state index contributed by atoms with van der Waals surface area (Å²) in [5.41, 5.74) is 0. The van der Waals surface area contributed by atoms with Gasteiger partial charge in [0.05, 0.1) is 12.8 Å². The minimum absolute atomic E-state index is 0.490. The Morgan fingerprint density at radius 3 is 2.68 bits per heavy atom. The Hall–Kier alpha value is -1.53. The predicted octanol–water partition coefficient (Wildman–Crippen LogP) is 5.11. The van der Waals surface area contributed by atoms with Crippen molar-refractivity contribution in [3.8, 4) is 0 Å². The van der Waals surface area contributed by atoms with Crippen molar-refractivity contribution >= 4 is 11.8 Å². The molecule has 0 radical (unpaired) electrons. The lowest BCUT2D eigenvalue weighted by Crippen LogP contribution is -2.33. The lowest BCUT2D eigenvalue weighted by molar-refractivity contribution is 0.187. The molecule has 1 aliphatic carbocycles. The second-order valence-corrected chi connectivity index (χ2v) is 9.17. The lowest BCUT2D eigenvalue weighted by atomic mass is 9.91. The van der Waals surface area contributed by atoms with Crippen LogP contribution in [-0.2, 0) is 13.1 Å². The molecule has 0 aromatic carbocycles. The molecule has 6 heteroatoms. The first-order valence-corrected chi connectivity index (χ1v) is 11.7. The third kappa shape index (κ3) is 4.90. The van der Waals surface area contributed by atoms with Crippen LogP contribution in [0.3, 0.4) is 0 Å². The number of nitrogens with zero attached hydrogens (tertiary/aromatic N) is 4. The van der Waals surface area contributed by atoms with Crippen LogP contribution in [0.2, 0.25) is 0 Å². The Kier molecular flexibility index (Phi) is 6.91. The zero-order valence-corrected chi connectivity index (χ0v) is 17.6. The quantitative estimate of drug-likeness (QED) is 0.455. The smallest absolute Gasteiger partial charge is 0.191 e. The Balaban J connectivity index is 1.36. The molecule has 1 saturated heterocycles. The van der Waals surface area contributed by atoms with E-state index in [2.05, 4.69) is 32.3 Å². The highest BCUT2D eigenvalue weighted by molar-refractivity contribution is 7.99. The maximum atomic E-state index is 5.50. The zero-order valence-electron chi connectivity index (χ0n) is 16.8. The summed E-state index contributed by atoms with van der Waals surface area (Å²) in [4.78, 5) is 2.47. The summed E-state index contributed by atoms with van der Waals surface area (Å²) in [5.74, 6) is 4.72. The number of hydrogen-bond acceptors (Lipinski definition) is 5. The Morgan fingerprint density at radius 1 is 1.14 bits per heavy atom. The molecule has 0 atom stereocenters. The average molecular weight is 401 g/mol. The van der Waals surface area contributed by atoms with Gasteiger partial charge in [0.1, 0.15) is 11.6 Å². The molecular weight excluding hydrogens is 368 g/mol. The highest BCUT2D eigenvalue weighted by Crippen LogP contribution is 2.33. The van der Waals surface area contributed by atoms with E-state index in [4.69, 9.17) is 4.42 Å². The first kappa shape index (κ1) is 19.8. The Morgan fingerprint density at radius 2 is 1.96 bits per heavy atom. The van der Waals surface area contributed by atoms with Crippen molar-refractivity contribution in [2.24, 2.45) is 5.92 Å². The van der Waals surface area contributed by atoms with Crippen molar-refractivity contribution in [1.29, 1.82) is 0 Å². The largest absolute Gasteiger partial charge is 0.468 e. The molecule has 1 saturated carbocycles. The highest BCUT2D eigenvalue weighted by Gasteiger charge is 2.26. The molecule has 0 unspecified atom stereocenters. The minimum atomic E-state index is 0.490. The van der Waals surface area contributed by atoms with Crippen LogP contribution in [0, 0.1) is 5.92 Å². The van der Waals surface area contributed by atoms with Crippen LogP contribution < -0.4 is 0 Å². The van der Waals surface area contributed by atoms with E-state index in [0.717, 1.165) is 61.7 Å². The van der Waals surface area contributed by atoms with Gasteiger partial charge in [-0.15, -0.1) is 16.8 Å². The van der Waals surface area contributed by atoms with E-state index in [9.17, 15) is 0 Å². The van der Waals surface area contributed by atoms with Crippen LogP contribution in [0.4, 0.5) is 0 Å². The molecule has 0 bridgehead atoms. The van der Waals surface area contributed by atoms with Crippen molar-refractivity contribution in [2.75, 3.05) is 18.8 Å². The fourth-order valence-electron chi connectivity index (χ4n) is 4.53. The van der Waals surface area contributed by atoms with E-state index in [1.54, 1.807) is 6.26 Å². The van der Waals surface area contributed by atoms with Crippen molar-refractivity contribution < 1.29 is 4.42 Å². The summed E-state index contributed by atoms with van der Waals surface area (Å²) >= 11 is 1.90. The fraction of sp³-hybridized carbons (Fsp3) is 0.636. The number of thioether (sulfide) groups is 1. The predicted molar refractivity (Wildman–Crippen MR) is 113 cm³/mol. The number of piperidine rings is 1. The molecular formula is C22H32N4OS. The van der Waals surface area contributed by atoms with Crippen molar-refractivity contribution in [3.05, 3.63) is 42.6 Å². The maximum Gasteiger partial charge on any atom is 0.191 e. The SMILES string of the molecule is C=CCn1c(SCC2CCCCC2)nnc1C1CCN(Cc2ccco2)CC1. The van der Waals surface area contributed by atoms with E-state index in [0.29, 0.717) is 5.92 Å². The zero-order chi connectivity index (χ0) is 19.2. The van der Waals surface area contributed by atoms with Gasteiger partial charge in [-0.3, -0.25) is 4.90 Å². The number of rotatable bonds is 8. The maximum absolute atomic E-state index is 5.50. The number of furan rings is 1. The normalized spacial score (nSPS) is 19.9. The van der Waals surface area contributed by atoms with E-state index in [1.165, 1.54) is 37.9 Å². The molecule has 0 spiro atoms. The summed E-state index contributed by atoms with van der Waals surface area (Å²) in [6.07, 6.45) is 12.9. The second-order valence-electron chi connectivity index (χ2n) is 8.18. The van der Waals surface area contributed by atoms with Crippen LogP contribution in [0.5, 0.6) is 0 Å². The molecule has 2 fully saturated rings. The van der Waals surface area contributed by atoms with Gasteiger partial charge in [-0.1, -0.05) is 37.1 Å². The topological polar surface area (TPSA) is 47.1 Å². The molecule has 28 heavy (non-hydrogen) atoms. The summed E-state index contributed by atoms with van der Waals surface area (Å²) in [6, 6.07) is 4.02. The fourth-order valence-corrected chi connectivity index (χ4v) is 5.67. The standard InChI is InChI=1S/C22H32N4OS/c1-2-12-26-21(23-24-22(26)28-17-18-7-4-3-5-8-18)19-10-13-25(14-11-19)16-20-9-6-15-27-20/h2,6,9,15,18-19H,1,3-5,7-8,10-14,16-17H2. The van der Waals surface area contributed by atoms with E-state index < -0.39 is 0 Å². The average Bonchev–Trinajstić information content (AvgIpc) is 3.38. The highest BCUT2D eigenvalue weighted by atomic mass is 32.2. The van der Waals surface area contributed by atoms with Crippen molar-refractivity contribution in [3.63, 3.8) is 0 Å². The molecule has 2 aliphatic rings. The van der Waals surface area contributed by atoms with Crippen molar-refractivity contribution in [1.82, 2.24) is 19.7 Å². The van der Waals surface area contributed by atoms with Gasteiger partial charge in [0.25, 0.3) is 0 Å². The molecule has 1 aliphatic heterocycles. The third-order valence-corrected chi connectivity index (χ3v) is 7.34. The van der Waals surface area contributed by atoms with Gasteiger partial charge in [-0.05, 0) is 56.8 Å². The first-order chi connectivity index (χ1) is 13.8. The summed E-state index contributed by atoms with van der Waals surface area (Å²) in [7, 11) is 0. The first-order valence-electron chi connectivity index (χ1n) is 10.7. The third-order valence-electron chi connectivity index (χ3n) is 6.14. The molecule has 5 nitrogen and oxygen atoms in total. The molecule has 0 amide bonds. The number of aromatic nitrogens is 3. The molecule has 152 valence electrons. The Labute approximate surface area is 172 Å². The van der Waals surface area contributed by atoms with Crippen LogP contribution in [0.25, 0.3) is 0 Å². The van der Waals surface area contributed by atoms with Crippen LogP contribution in [0.15, 0.2) is 40.6 Å². The van der Waals surface area contributed by atoms with Gasteiger partial charge in [0.2, 0.25) is 0 Å². The number of hydrogen-bond donors (Lipinski definition) is 0. The lowest BCUT2D eigenvalue weighted by Gasteiger charge is -2.31. The summed E-state index contributed by atoms with van der Waals surface area (Å²) < 4.78 is 7.81. The molecule has 2 aromatic heterocycles. The monoisotopic (exact) mass is 400 g/mol. The Bertz CT molecular complexity index is 728. The van der Waals surface area contributed by atoms with Crippen LogP contribution in [0.1, 0.15) is 62.4 Å². The van der Waals surface area contributed by atoms with Gasteiger partial charge in [-0.25, -0.2) is 0 Å². The van der Waals surface area contributed by atoms with E-state index >= 15 is 0 Å². The van der Waals surface area contributed by atoms with Crippen LogP contribution in [-0.4, -0.2) is 38.5 Å². The van der Waals surface area contributed by atoms with Gasteiger partial charge in [0, 0.05) is 18.2 Å². The summed E-state index contributed by atoms with van der Waals surface area (Å²) in [5, 5.41) is 10.3. The number of likely N-dealkylation sites (tertiary alicyclic amines) is 1. The minimum Gasteiger partial charge on any atom is -0.468 e. The molecule has 4 rings (SSSR count). The van der Waals surface area contributed by atoms with Gasteiger partial charge in [-0.2, -0.15) is 0 Å². The van der Waals surface area contributed by atoms with E-state index in [1.807, 2.05) is 23.9 Å². The van der Waals surface area contributed by atoms with Crippen LogP contribution >= 0.6 is 11.8 Å². The van der Waals surface area contributed by atoms with E-state index in [-0.39, 0.29) is 0 Å². The van der Waals surface area contributed by atoms with Gasteiger partial charge >= 0.3 is 0 Å². The van der Waals surface area contributed by atoms with Gasteiger partial charge < -0.3 is 8.98 Å². The van der Waals surface area contributed by atoms with Gasteiger partial charge in [0.15, 0.2) is 5.16 Å². The molecule has 3 heterocycles. The molecule has 2 aromatic rings.